The van der Waals surface area contributed by atoms with Crippen LogP contribution < -0.4 is 4.90 Å². The van der Waals surface area contributed by atoms with Crippen LogP contribution in [0.3, 0.4) is 0 Å². The van der Waals surface area contributed by atoms with Gasteiger partial charge in [-0.3, -0.25) is 4.90 Å². The van der Waals surface area contributed by atoms with Gasteiger partial charge in [-0.2, -0.15) is 13.2 Å². The van der Waals surface area contributed by atoms with Crippen LogP contribution in [0.2, 0.25) is 0 Å². The molecule has 0 saturated carbocycles. The van der Waals surface area contributed by atoms with Crippen molar-refractivity contribution in [2.75, 3.05) is 31.1 Å². The molecular weight excluding hydrogens is 320 g/mol. The van der Waals surface area contributed by atoms with E-state index in [0.717, 1.165) is 6.07 Å². The van der Waals surface area contributed by atoms with E-state index in [2.05, 4.69) is 4.90 Å². The third-order valence-electron chi connectivity index (χ3n) is 4.26. The van der Waals surface area contributed by atoms with Crippen LogP contribution in [0.5, 0.6) is 0 Å². The minimum absolute atomic E-state index is 0.224. The lowest BCUT2D eigenvalue weighted by molar-refractivity contribution is -0.137. The molecule has 1 aliphatic rings. The minimum atomic E-state index is -4.33. The van der Waals surface area contributed by atoms with Crippen molar-refractivity contribution in [1.29, 1.82) is 0 Å². The molecule has 2 aromatic rings. The van der Waals surface area contributed by atoms with Crippen molar-refractivity contribution in [3.8, 4) is 0 Å². The van der Waals surface area contributed by atoms with E-state index in [-0.39, 0.29) is 5.82 Å². The summed E-state index contributed by atoms with van der Waals surface area (Å²) in [6, 6.07) is 12.1. The Hall–Kier alpha value is -2.08. The second kappa shape index (κ2) is 6.81. The molecule has 0 atom stereocenters. The minimum Gasteiger partial charge on any atom is -0.369 e. The molecule has 0 N–H and O–H groups in total. The van der Waals surface area contributed by atoms with Crippen molar-refractivity contribution in [1.82, 2.24) is 4.90 Å². The first-order valence-electron chi connectivity index (χ1n) is 7.81. The van der Waals surface area contributed by atoms with Crippen molar-refractivity contribution >= 4 is 5.69 Å². The molecule has 0 spiro atoms. The normalized spacial score (nSPS) is 16.4. The Kier molecular flexibility index (Phi) is 4.76. The number of hydrogen-bond donors (Lipinski definition) is 0. The molecule has 1 aliphatic heterocycles. The number of piperazine rings is 1. The monoisotopic (exact) mass is 338 g/mol. The fourth-order valence-corrected chi connectivity index (χ4v) is 2.91. The van der Waals surface area contributed by atoms with Gasteiger partial charge in [-0.05, 0) is 24.3 Å². The van der Waals surface area contributed by atoms with E-state index < -0.39 is 11.7 Å². The van der Waals surface area contributed by atoms with Gasteiger partial charge in [0.2, 0.25) is 0 Å². The molecule has 1 heterocycles. The van der Waals surface area contributed by atoms with Gasteiger partial charge in [-0.25, -0.2) is 4.39 Å². The number of benzene rings is 2. The van der Waals surface area contributed by atoms with Gasteiger partial charge in [0.05, 0.1) is 5.56 Å². The summed E-state index contributed by atoms with van der Waals surface area (Å²) < 4.78 is 52.1. The van der Waals surface area contributed by atoms with Gasteiger partial charge in [0.15, 0.2) is 0 Å². The molecule has 2 nitrogen and oxygen atoms in total. The highest BCUT2D eigenvalue weighted by Crippen LogP contribution is 2.31. The molecule has 24 heavy (non-hydrogen) atoms. The molecule has 128 valence electrons. The van der Waals surface area contributed by atoms with E-state index in [1.54, 1.807) is 24.3 Å². The number of halogens is 4. The van der Waals surface area contributed by atoms with E-state index in [4.69, 9.17) is 0 Å². The van der Waals surface area contributed by atoms with E-state index in [9.17, 15) is 17.6 Å². The Morgan fingerprint density at radius 3 is 2.25 bits per heavy atom. The molecule has 2 aromatic carbocycles. The van der Waals surface area contributed by atoms with Crippen LogP contribution in [0.1, 0.15) is 11.1 Å². The van der Waals surface area contributed by atoms with Crippen LogP contribution in [0.25, 0.3) is 0 Å². The fraction of sp³-hybridized carbons (Fsp3) is 0.333. The molecule has 0 amide bonds. The zero-order chi connectivity index (χ0) is 17.2. The Balaban J connectivity index is 1.62. The Bertz CT molecular complexity index is 691. The molecule has 1 saturated heterocycles. The van der Waals surface area contributed by atoms with E-state index in [0.29, 0.717) is 44.0 Å². The van der Waals surface area contributed by atoms with Gasteiger partial charge in [0, 0.05) is 44.0 Å². The summed E-state index contributed by atoms with van der Waals surface area (Å²) in [7, 11) is 0. The average molecular weight is 338 g/mol. The zero-order valence-corrected chi connectivity index (χ0v) is 13.1. The van der Waals surface area contributed by atoms with Gasteiger partial charge >= 0.3 is 6.18 Å². The summed E-state index contributed by atoms with van der Waals surface area (Å²) in [6.07, 6.45) is -4.33. The maximum atomic E-state index is 13.7. The van der Waals surface area contributed by atoms with E-state index in [1.807, 2.05) is 4.90 Å². The number of hydrogen-bond acceptors (Lipinski definition) is 2. The predicted octanol–water partition coefficient (Wildman–Crippen LogP) is 4.17. The summed E-state index contributed by atoms with van der Waals surface area (Å²) in [5.74, 6) is -0.224. The lowest BCUT2D eigenvalue weighted by Crippen LogP contribution is -2.46. The standard InChI is InChI=1S/C18H18F4N2/c19-17-7-2-1-4-14(17)13-23-8-10-24(11-9-23)16-6-3-5-15(12-16)18(20,21)22/h1-7,12H,8-11,13H2. The van der Waals surface area contributed by atoms with Crippen LogP contribution in [0, 0.1) is 5.82 Å². The van der Waals surface area contributed by atoms with E-state index in [1.165, 1.54) is 18.2 Å². The van der Waals surface area contributed by atoms with Gasteiger partial charge in [-0.1, -0.05) is 24.3 Å². The quantitative estimate of drug-likeness (QED) is 0.775. The van der Waals surface area contributed by atoms with Gasteiger partial charge < -0.3 is 4.90 Å². The number of nitrogens with zero attached hydrogens (tertiary/aromatic N) is 2. The predicted molar refractivity (Wildman–Crippen MR) is 85.3 cm³/mol. The molecule has 6 heteroatoms. The Labute approximate surface area is 138 Å². The Morgan fingerprint density at radius 1 is 0.875 bits per heavy atom. The highest BCUT2D eigenvalue weighted by Gasteiger charge is 2.31. The largest absolute Gasteiger partial charge is 0.416 e. The highest BCUT2D eigenvalue weighted by atomic mass is 19.4. The molecule has 0 aromatic heterocycles. The van der Waals surface area contributed by atoms with Crippen molar-refractivity contribution in [2.24, 2.45) is 0 Å². The first-order valence-corrected chi connectivity index (χ1v) is 7.81. The van der Waals surface area contributed by atoms with Crippen LogP contribution in [0.15, 0.2) is 48.5 Å². The fourth-order valence-electron chi connectivity index (χ4n) is 2.91. The van der Waals surface area contributed by atoms with Crippen LogP contribution in [-0.2, 0) is 12.7 Å². The van der Waals surface area contributed by atoms with Crippen LogP contribution in [0.4, 0.5) is 23.2 Å². The second-order valence-corrected chi connectivity index (χ2v) is 5.90. The lowest BCUT2D eigenvalue weighted by atomic mass is 10.1. The molecular formula is C18H18F4N2. The number of alkyl halides is 3. The van der Waals surface area contributed by atoms with Crippen molar-refractivity contribution in [3.63, 3.8) is 0 Å². The summed E-state index contributed by atoms with van der Waals surface area (Å²) in [6.45, 7) is 3.13. The van der Waals surface area contributed by atoms with Crippen molar-refractivity contribution < 1.29 is 17.6 Å². The SMILES string of the molecule is Fc1ccccc1CN1CCN(c2cccc(C(F)(F)F)c2)CC1. The summed E-state index contributed by atoms with van der Waals surface area (Å²) in [4.78, 5) is 4.05. The average Bonchev–Trinajstić information content (AvgIpc) is 2.57. The summed E-state index contributed by atoms with van der Waals surface area (Å²) in [5, 5.41) is 0. The maximum Gasteiger partial charge on any atom is 0.416 e. The molecule has 3 rings (SSSR count). The third-order valence-corrected chi connectivity index (χ3v) is 4.26. The molecule has 0 unspecified atom stereocenters. The first-order chi connectivity index (χ1) is 11.4. The molecule has 0 radical (unpaired) electrons. The van der Waals surface area contributed by atoms with Crippen LogP contribution >= 0.6 is 0 Å². The molecule has 0 aliphatic carbocycles. The maximum absolute atomic E-state index is 13.7. The van der Waals surface area contributed by atoms with Crippen molar-refractivity contribution in [3.05, 3.63) is 65.5 Å². The zero-order valence-electron chi connectivity index (χ0n) is 13.1. The lowest BCUT2D eigenvalue weighted by Gasteiger charge is -2.36. The van der Waals surface area contributed by atoms with Crippen LogP contribution in [-0.4, -0.2) is 31.1 Å². The smallest absolute Gasteiger partial charge is 0.369 e. The van der Waals surface area contributed by atoms with Gasteiger partial charge in [-0.15, -0.1) is 0 Å². The number of anilines is 1. The summed E-state index contributed by atoms with van der Waals surface area (Å²) >= 11 is 0. The van der Waals surface area contributed by atoms with Gasteiger partial charge in [0.25, 0.3) is 0 Å². The van der Waals surface area contributed by atoms with Gasteiger partial charge in [0.1, 0.15) is 5.82 Å². The van der Waals surface area contributed by atoms with Crippen molar-refractivity contribution in [2.45, 2.75) is 12.7 Å². The second-order valence-electron chi connectivity index (χ2n) is 5.90. The number of rotatable bonds is 3. The summed E-state index contributed by atoms with van der Waals surface area (Å²) in [5.41, 5.74) is 0.592. The highest BCUT2D eigenvalue weighted by molar-refractivity contribution is 5.49. The first kappa shape index (κ1) is 16.8. The molecule has 1 fully saturated rings. The molecule has 0 bridgehead atoms. The van der Waals surface area contributed by atoms with E-state index >= 15 is 0 Å². The topological polar surface area (TPSA) is 6.48 Å². The third kappa shape index (κ3) is 3.87. The Morgan fingerprint density at radius 2 is 1.58 bits per heavy atom.